The lowest BCUT2D eigenvalue weighted by Crippen LogP contribution is -2.14. The van der Waals surface area contributed by atoms with E-state index in [9.17, 15) is 14.9 Å². The number of amides is 1. The van der Waals surface area contributed by atoms with Gasteiger partial charge in [0.1, 0.15) is 0 Å². The van der Waals surface area contributed by atoms with Crippen LogP contribution in [0.5, 0.6) is 0 Å². The summed E-state index contributed by atoms with van der Waals surface area (Å²) in [5.41, 5.74) is 1.76. The minimum Gasteiger partial charge on any atom is -0.322 e. The van der Waals surface area contributed by atoms with Crippen molar-refractivity contribution in [3.63, 3.8) is 0 Å². The molecular formula is C16H15ClN2O3. The van der Waals surface area contributed by atoms with E-state index < -0.39 is 10.8 Å². The van der Waals surface area contributed by atoms with Crippen LogP contribution in [0.3, 0.4) is 0 Å². The molecule has 5 nitrogen and oxygen atoms in total. The van der Waals surface area contributed by atoms with Gasteiger partial charge in [0.05, 0.1) is 15.5 Å². The Labute approximate surface area is 133 Å². The summed E-state index contributed by atoms with van der Waals surface area (Å²) in [6, 6.07) is 11.3. The maximum absolute atomic E-state index is 12.3. The minimum absolute atomic E-state index is 0.0497. The number of carbonyl (C=O) groups is 1. The van der Waals surface area contributed by atoms with Crippen molar-refractivity contribution >= 4 is 28.9 Å². The first-order chi connectivity index (χ1) is 10.4. The molecule has 114 valence electrons. The second kappa shape index (κ2) is 6.58. The lowest BCUT2D eigenvalue weighted by atomic mass is 10.0. The van der Waals surface area contributed by atoms with Crippen LogP contribution in [0.1, 0.15) is 35.7 Å². The Kier molecular flexibility index (Phi) is 4.78. The fourth-order valence-corrected chi connectivity index (χ4v) is 2.37. The topological polar surface area (TPSA) is 72.2 Å². The molecule has 0 heterocycles. The zero-order valence-electron chi connectivity index (χ0n) is 12.2. The molecule has 0 fully saturated rings. The second-order valence-corrected chi connectivity index (χ2v) is 5.52. The normalized spacial score (nSPS) is 10.5. The molecule has 0 spiro atoms. The third kappa shape index (κ3) is 3.43. The van der Waals surface area contributed by atoms with E-state index in [2.05, 4.69) is 5.32 Å². The second-order valence-electron chi connectivity index (χ2n) is 5.12. The van der Waals surface area contributed by atoms with E-state index in [1.54, 1.807) is 0 Å². The monoisotopic (exact) mass is 318 g/mol. The number of nitrogens with one attached hydrogen (secondary N) is 1. The fraction of sp³-hybridized carbons (Fsp3) is 0.188. The third-order valence-corrected chi connectivity index (χ3v) is 3.55. The van der Waals surface area contributed by atoms with Crippen molar-refractivity contribution in [1.29, 1.82) is 0 Å². The Morgan fingerprint density at radius 3 is 2.50 bits per heavy atom. The van der Waals surface area contributed by atoms with Gasteiger partial charge in [0, 0.05) is 17.8 Å². The Morgan fingerprint density at radius 2 is 1.91 bits per heavy atom. The van der Waals surface area contributed by atoms with Crippen LogP contribution in [0, 0.1) is 10.1 Å². The number of nitro groups is 1. The first-order valence-electron chi connectivity index (χ1n) is 6.74. The highest BCUT2D eigenvalue weighted by Crippen LogP contribution is 2.26. The number of nitrogens with zero attached hydrogens (tertiary/aromatic N) is 1. The van der Waals surface area contributed by atoms with E-state index in [4.69, 9.17) is 11.6 Å². The third-order valence-electron chi connectivity index (χ3n) is 3.24. The largest absolute Gasteiger partial charge is 0.322 e. The van der Waals surface area contributed by atoms with Crippen molar-refractivity contribution < 1.29 is 9.72 Å². The van der Waals surface area contributed by atoms with E-state index in [0.717, 1.165) is 5.56 Å². The maximum Gasteiger partial charge on any atom is 0.270 e. The number of hydrogen-bond acceptors (Lipinski definition) is 3. The summed E-state index contributed by atoms with van der Waals surface area (Å²) in [4.78, 5) is 22.5. The highest BCUT2D eigenvalue weighted by atomic mass is 35.5. The molecule has 0 unspecified atom stereocenters. The number of halogens is 1. The maximum atomic E-state index is 12.3. The van der Waals surface area contributed by atoms with Crippen molar-refractivity contribution in [2.75, 3.05) is 5.32 Å². The summed E-state index contributed by atoms with van der Waals surface area (Å²) in [7, 11) is 0. The smallest absolute Gasteiger partial charge is 0.270 e. The fourth-order valence-electron chi connectivity index (χ4n) is 2.11. The lowest BCUT2D eigenvalue weighted by molar-refractivity contribution is -0.384. The van der Waals surface area contributed by atoms with E-state index in [1.165, 1.54) is 18.2 Å². The van der Waals surface area contributed by atoms with Crippen molar-refractivity contribution in [2.45, 2.75) is 19.8 Å². The van der Waals surface area contributed by atoms with Gasteiger partial charge in [-0.3, -0.25) is 14.9 Å². The quantitative estimate of drug-likeness (QED) is 0.660. The predicted octanol–water partition coefficient (Wildman–Crippen LogP) is 4.62. The Hall–Kier alpha value is -2.40. The summed E-state index contributed by atoms with van der Waals surface area (Å²) >= 11 is 5.97. The molecule has 2 aromatic carbocycles. The van der Waals surface area contributed by atoms with Crippen LogP contribution in [-0.2, 0) is 0 Å². The number of rotatable bonds is 4. The summed E-state index contributed by atoms with van der Waals surface area (Å²) in [6.45, 7) is 4.06. The van der Waals surface area contributed by atoms with Gasteiger partial charge < -0.3 is 5.32 Å². The highest BCUT2D eigenvalue weighted by Gasteiger charge is 2.16. The van der Waals surface area contributed by atoms with Crippen LogP contribution in [0.15, 0.2) is 42.5 Å². The number of benzene rings is 2. The number of para-hydroxylation sites is 1. The molecule has 0 radical (unpaired) electrons. The van der Waals surface area contributed by atoms with Gasteiger partial charge in [0.15, 0.2) is 0 Å². The van der Waals surface area contributed by atoms with Crippen molar-refractivity contribution in [3.05, 3.63) is 68.7 Å². The SMILES string of the molecule is CC(C)c1ccccc1NC(=O)c1ccc([N+](=O)[O-])cc1Cl. The molecule has 0 atom stereocenters. The first kappa shape index (κ1) is 16.0. The molecule has 2 rings (SSSR count). The zero-order valence-corrected chi connectivity index (χ0v) is 12.9. The molecule has 22 heavy (non-hydrogen) atoms. The molecule has 0 saturated carbocycles. The highest BCUT2D eigenvalue weighted by molar-refractivity contribution is 6.34. The Morgan fingerprint density at radius 1 is 1.23 bits per heavy atom. The van der Waals surface area contributed by atoms with E-state index >= 15 is 0 Å². The minimum atomic E-state index is -0.554. The van der Waals surface area contributed by atoms with Crippen molar-refractivity contribution in [2.24, 2.45) is 0 Å². The van der Waals surface area contributed by atoms with Crippen molar-refractivity contribution in [3.8, 4) is 0 Å². The number of anilines is 1. The molecule has 0 aromatic heterocycles. The predicted molar refractivity (Wildman–Crippen MR) is 86.6 cm³/mol. The van der Waals surface area contributed by atoms with Gasteiger partial charge in [0.25, 0.3) is 11.6 Å². The van der Waals surface area contributed by atoms with Crippen LogP contribution in [0.25, 0.3) is 0 Å². The summed E-state index contributed by atoms with van der Waals surface area (Å²) in [6.07, 6.45) is 0. The van der Waals surface area contributed by atoms with Gasteiger partial charge in [0.2, 0.25) is 0 Å². The Bertz CT molecular complexity index is 729. The van der Waals surface area contributed by atoms with Gasteiger partial charge >= 0.3 is 0 Å². The van der Waals surface area contributed by atoms with Crippen molar-refractivity contribution in [1.82, 2.24) is 0 Å². The summed E-state index contributed by atoms with van der Waals surface area (Å²) in [5.74, 6) is -0.142. The van der Waals surface area contributed by atoms with E-state index in [-0.39, 0.29) is 22.2 Å². The molecule has 0 aliphatic rings. The lowest BCUT2D eigenvalue weighted by Gasteiger charge is -2.14. The van der Waals surface area contributed by atoms with Gasteiger partial charge in [-0.1, -0.05) is 43.6 Å². The zero-order chi connectivity index (χ0) is 16.3. The van der Waals surface area contributed by atoms with Crippen LogP contribution < -0.4 is 5.32 Å². The number of nitro benzene ring substituents is 1. The van der Waals surface area contributed by atoms with Gasteiger partial charge in [-0.05, 0) is 23.6 Å². The van der Waals surface area contributed by atoms with Gasteiger partial charge in [-0.25, -0.2) is 0 Å². The van der Waals surface area contributed by atoms with E-state index in [1.807, 2.05) is 38.1 Å². The molecule has 0 saturated heterocycles. The first-order valence-corrected chi connectivity index (χ1v) is 7.12. The molecular weight excluding hydrogens is 304 g/mol. The number of hydrogen-bond donors (Lipinski definition) is 1. The van der Waals surface area contributed by atoms with Crippen LogP contribution in [0.4, 0.5) is 11.4 Å². The average Bonchev–Trinajstić information content (AvgIpc) is 2.47. The van der Waals surface area contributed by atoms with Crippen LogP contribution in [0.2, 0.25) is 5.02 Å². The summed E-state index contributed by atoms with van der Waals surface area (Å²) in [5, 5.41) is 13.5. The van der Waals surface area contributed by atoms with E-state index in [0.29, 0.717) is 5.69 Å². The molecule has 0 aliphatic heterocycles. The summed E-state index contributed by atoms with van der Waals surface area (Å²) < 4.78 is 0. The standard InChI is InChI=1S/C16H15ClN2O3/c1-10(2)12-5-3-4-6-15(12)18-16(20)13-8-7-11(19(21)22)9-14(13)17/h3-10H,1-2H3,(H,18,20). The number of carbonyl (C=O) groups excluding carboxylic acids is 1. The van der Waals surface area contributed by atoms with Gasteiger partial charge in [-0.2, -0.15) is 0 Å². The molecule has 2 aromatic rings. The number of non-ortho nitro benzene ring substituents is 1. The van der Waals surface area contributed by atoms with Crippen LogP contribution in [-0.4, -0.2) is 10.8 Å². The van der Waals surface area contributed by atoms with Crippen LogP contribution >= 0.6 is 11.6 Å². The molecule has 1 amide bonds. The molecule has 1 N–H and O–H groups in total. The average molecular weight is 319 g/mol. The molecule has 6 heteroatoms. The Balaban J connectivity index is 2.29. The molecule has 0 bridgehead atoms. The van der Waals surface area contributed by atoms with Gasteiger partial charge in [-0.15, -0.1) is 0 Å². The molecule has 0 aliphatic carbocycles.